The maximum atomic E-state index is 12.3. The molecule has 0 saturated carbocycles. The van der Waals surface area contributed by atoms with E-state index in [1.54, 1.807) is 0 Å². The molecule has 0 fully saturated rings. The fourth-order valence-corrected chi connectivity index (χ4v) is 2.86. The molecule has 122 valence electrons. The van der Waals surface area contributed by atoms with Crippen LogP contribution in [0, 0.1) is 13.8 Å². The second kappa shape index (κ2) is 6.75. The molecule has 3 rings (SSSR count). The summed E-state index contributed by atoms with van der Waals surface area (Å²) in [5.74, 6) is -0.0161. The summed E-state index contributed by atoms with van der Waals surface area (Å²) in [6.45, 7) is 4.37. The first-order valence-corrected chi connectivity index (χ1v) is 8.10. The van der Waals surface area contributed by atoms with Crippen molar-refractivity contribution in [3.05, 3.63) is 71.8 Å². The van der Waals surface area contributed by atoms with Crippen LogP contribution in [0.5, 0.6) is 0 Å². The summed E-state index contributed by atoms with van der Waals surface area (Å²) in [7, 11) is 1.94. The zero-order valence-electron chi connectivity index (χ0n) is 14.3. The van der Waals surface area contributed by atoms with Crippen molar-refractivity contribution in [3.63, 3.8) is 0 Å². The molecule has 0 heterocycles. The normalized spacial score (nSPS) is 10.6. The summed E-state index contributed by atoms with van der Waals surface area (Å²) in [5, 5.41) is 5.38. The Kier molecular flexibility index (Phi) is 4.52. The van der Waals surface area contributed by atoms with Crippen LogP contribution < -0.4 is 10.2 Å². The maximum Gasteiger partial charge on any atom is 0.243 e. The van der Waals surface area contributed by atoms with Gasteiger partial charge in [0.25, 0.3) is 0 Å². The lowest BCUT2D eigenvalue weighted by Crippen LogP contribution is -2.30. The van der Waals surface area contributed by atoms with Crippen LogP contribution >= 0.6 is 0 Å². The average molecular weight is 318 g/mol. The first kappa shape index (κ1) is 16.1. The van der Waals surface area contributed by atoms with Crippen molar-refractivity contribution < 1.29 is 4.79 Å². The molecule has 0 saturated heterocycles. The van der Waals surface area contributed by atoms with Crippen LogP contribution in [0.4, 0.5) is 11.4 Å². The third-order valence-electron chi connectivity index (χ3n) is 4.21. The Morgan fingerprint density at radius 2 is 1.71 bits per heavy atom. The number of nitrogens with one attached hydrogen (secondary N) is 1. The quantitative estimate of drug-likeness (QED) is 0.766. The Bertz CT molecular complexity index is 886. The Morgan fingerprint density at radius 1 is 0.958 bits per heavy atom. The van der Waals surface area contributed by atoms with E-state index in [0.717, 1.165) is 16.9 Å². The zero-order valence-corrected chi connectivity index (χ0v) is 14.3. The maximum absolute atomic E-state index is 12.3. The van der Waals surface area contributed by atoms with Gasteiger partial charge in [0, 0.05) is 18.4 Å². The zero-order chi connectivity index (χ0) is 17.1. The van der Waals surface area contributed by atoms with Crippen molar-refractivity contribution in [2.45, 2.75) is 13.8 Å². The minimum atomic E-state index is -0.0161. The summed E-state index contributed by atoms with van der Waals surface area (Å²) < 4.78 is 0. The van der Waals surface area contributed by atoms with Gasteiger partial charge in [-0.2, -0.15) is 0 Å². The molecule has 3 nitrogen and oxygen atoms in total. The Balaban J connectivity index is 1.70. The second-order valence-corrected chi connectivity index (χ2v) is 6.25. The Morgan fingerprint density at radius 3 is 2.46 bits per heavy atom. The number of hydrogen-bond acceptors (Lipinski definition) is 2. The van der Waals surface area contributed by atoms with Crippen LogP contribution in [0.25, 0.3) is 10.8 Å². The molecule has 0 bridgehead atoms. The molecule has 3 heteroatoms. The molecular weight excluding hydrogens is 296 g/mol. The summed E-state index contributed by atoms with van der Waals surface area (Å²) in [6, 6.07) is 20.5. The van der Waals surface area contributed by atoms with Gasteiger partial charge in [0.15, 0.2) is 0 Å². The summed E-state index contributed by atoms with van der Waals surface area (Å²) in [4.78, 5) is 14.3. The SMILES string of the molecule is Cc1ccc(NC(=O)CN(C)c2ccc3ccccc3c2)c(C)c1. The van der Waals surface area contributed by atoms with E-state index in [4.69, 9.17) is 0 Å². The highest BCUT2D eigenvalue weighted by atomic mass is 16.2. The number of carbonyl (C=O) groups is 1. The summed E-state index contributed by atoms with van der Waals surface area (Å²) in [5.41, 5.74) is 4.18. The second-order valence-electron chi connectivity index (χ2n) is 6.25. The number of aryl methyl sites for hydroxylation is 2. The number of nitrogens with zero attached hydrogens (tertiary/aromatic N) is 1. The van der Waals surface area contributed by atoms with Gasteiger partial charge in [0.2, 0.25) is 5.91 Å². The molecule has 0 spiro atoms. The van der Waals surface area contributed by atoms with Gasteiger partial charge in [-0.3, -0.25) is 4.79 Å². The van der Waals surface area contributed by atoms with Crippen LogP contribution in [-0.2, 0) is 4.79 Å². The highest BCUT2D eigenvalue weighted by molar-refractivity contribution is 5.95. The van der Waals surface area contributed by atoms with Crippen LogP contribution in [-0.4, -0.2) is 19.5 Å². The first-order valence-electron chi connectivity index (χ1n) is 8.10. The van der Waals surface area contributed by atoms with Gasteiger partial charge in [0.1, 0.15) is 0 Å². The molecule has 0 aliphatic rings. The summed E-state index contributed by atoms with van der Waals surface area (Å²) in [6.07, 6.45) is 0. The van der Waals surface area contributed by atoms with E-state index in [-0.39, 0.29) is 5.91 Å². The predicted molar refractivity (Wildman–Crippen MR) is 102 cm³/mol. The third kappa shape index (κ3) is 3.57. The van der Waals surface area contributed by atoms with Crippen molar-refractivity contribution in [2.24, 2.45) is 0 Å². The highest BCUT2D eigenvalue weighted by Gasteiger charge is 2.09. The minimum absolute atomic E-state index is 0.0161. The highest BCUT2D eigenvalue weighted by Crippen LogP contribution is 2.21. The van der Waals surface area contributed by atoms with Crippen molar-refractivity contribution in [1.82, 2.24) is 0 Å². The average Bonchev–Trinajstić information content (AvgIpc) is 2.57. The first-order chi connectivity index (χ1) is 11.5. The van der Waals surface area contributed by atoms with E-state index in [0.29, 0.717) is 6.54 Å². The molecule has 1 N–H and O–H groups in total. The standard InChI is InChI=1S/C21H22N2O/c1-15-8-11-20(16(2)12-15)22-21(24)14-23(3)19-10-9-17-6-4-5-7-18(17)13-19/h4-13H,14H2,1-3H3,(H,22,24). The smallest absolute Gasteiger partial charge is 0.243 e. The van der Waals surface area contributed by atoms with E-state index in [9.17, 15) is 4.79 Å². The van der Waals surface area contributed by atoms with Gasteiger partial charge in [0.05, 0.1) is 6.54 Å². The molecule has 3 aromatic rings. The van der Waals surface area contributed by atoms with Gasteiger partial charge in [-0.05, 0) is 48.4 Å². The van der Waals surface area contributed by atoms with Gasteiger partial charge in [-0.25, -0.2) is 0 Å². The van der Waals surface area contributed by atoms with Crippen LogP contribution in [0.1, 0.15) is 11.1 Å². The number of amides is 1. The van der Waals surface area contributed by atoms with E-state index in [1.165, 1.54) is 16.3 Å². The number of likely N-dealkylation sites (N-methyl/N-ethyl adjacent to an activating group) is 1. The lowest BCUT2D eigenvalue weighted by molar-refractivity contribution is -0.114. The van der Waals surface area contributed by atoms with Gasteiger partial charge < -0.3 is 10.2 Å². The number of carbonyl (C=O) groups excluding carboxylic acids is 1. The molecule has 0 radical (unpaired) electrons. The van der Waals surface area contributed by atoms with Crippen LogP contribution in [0.15, 0.2) is 60.7 Å². The Hall–Kier alpha value is -2.81. The number of fused-ring (bicyclic) bond motifs is 1. The molecule has 0 atom stereocenters. The molecule has 24 heavy (non-hydrogen) atoms. The van der Waals surface area contributed by atoms with Gasteiger partial charge in [-0.1, -0.05) is 48.0 Å². The molecule has 0 aliphatic carbocycles. The number of rotatable bonds is 4. The number of benzene rings is 3. The minimum Gasteiger partial charge on any atom is -0.365 e. The molecule has 0 aliphatic heterocycles. The van der Waals surface area contributed by atoms with Gasteiger partial charge >= 0.3 is 0 Å². The number of anilines is 2. The monoisotopic (exact) mass is 318 g/mol. The fourth-order valence-electron chi connectivity index (χ4n) is 2.86. The van der Waals surface area contributed by atoms with Crippen LogP contribution in [0.2, 0.25) is 0 Å². The number of hydrogen-bond donors (Lipinski definition) is 1. The van der Waals surface area contributed by atoms with Crippen molar-refractivity contribution in [3.8, 4) is 0 Å². The molecule has 1 amide bonds. The summed E-state index contributed by atoms with van der Waals surface area (Å²) >= 11 is 0. The van der Waals surface area contributed by atoms with E-state index in [1.807, 2.05) is 56.1 Å². The van der Waals surface area contributed by atoms with Crippen molar-refractivity contribution in [1.29, 1.82) is 0 Å². The molecule has 0 unspecified atom stereocenters. The predicted octanol–water partition coefficient (Wildman–Crippen LogP) is 4.53. The lowest BCUT2D eigenvalue weighted by Gasteiger charge is -2.20. The van der Waals surface area contributed by atoms with Gasteiger partial charge in [-0.15, -0.1) is 0 Å². The lowest BCUT2D eigenvalue weighted by atomic mass is 10.1. The van der Waals surface area contributed by atoms with Crippen molar-refractivity contribution in [2.75, 3.05) is 23.8 Å². The van der Waals surface area contributed by atoms with Crippen molar-refractivity contribution >= 4 is 28.1 Å². The third-order valence-corrected chi connectivity index (χ3v) is 4.21. The van der Waals surface area contributed by atoms with E-state index < -0.39 is 0 Å². The van der Waals surface area contributed by atoms with E-state index in [2.05, 4.69) is 35.6 Å². The van der Waals surface area contributed by atoms with Crippen LogP contribution in [0.3, 0.4) is 0 Å². The largest absolute Gasteiger partial charge is 0.365 e. The molecular formula is C21H22N2O. The van der Waals surface area contributed by atoms with E-state index >= 15 is 0 Å². The molecule has 3 aromatic carbocycles. The Labute approximate surface area is 142 Å². The molecule has 0 aromatic heterocycles. The fraction of sp³-hybridized carbons (Fsp3) is 0.190. The topological polar surface area (TPSA) is 32.3 Å².